The molecule has 0 bridgehead atoms. The highest BCUT2D eigenvalue weighted by atomic mass is 16.3. The van der Waals surface area contributed by atoms with E-state index in [1.165, 1.54) is 5.69 Å². The monoisotopic (exact) mass is 345 g/mol. The van der Waals surface area contributed by atoms with Gasteiger partial charge < -0.3 is 19.8 Å². The standard InChI is InChI=1S/C20H31N3O2/c1-3-21-10-12-22(13-11-21)19-8-6-18(7-9-19)20(25)23-14-17(15-24)5-4-16(23)2/h6-9,16-17,24H,3-5,10-15H2,1-2H3. The van der Waals surface area contributed by atoms with Gasteiger partial charge in [0.1, 0.15) is 0 Å². The highest BCUT2D eigenvalue weighted by molar-refractivity contribution is 5.94. The van der Waals surface area contributed by atoms with Crippen molar-refractivity contribution in [3.8, 4) is 0 Å². The fraction of sp³-hybridized carbons (Fsp3) is 0.650. The molecule has 1 aromatic carbocycles. The van der Waals surface area contributed by atoms with Gasteiger partial charge in [-0.15, -0.1) is 0 Å². The Hall–Kier alpha value is -1.59. The van der Waals surface area contributed by atoms with Gasteiger partial charge >= 0.3 is 0 Å². The molecule has 0 saturated carbocycles. The predicted octanol–water partition coefficient (Wildman–Crippen LogP) is 2.06. The van der Waals surface area contributed by atoms with Crippen LogP contribution in [-0.2, 0) is 0 Å². The number of hydrogen-bond acceptors (Lipinski definition) is 4. The summed E-state index contributed by atoms with van der Waals surface area (Å²) in [5.74, 6) is 0.308. The SMILES string of the molecule is CCN1CCN(c2ccc(C(=O)N3CC(CO)CCC3C)cc2)CC1. The Morgan fingerprint density at radius 3 is 2.40 bits per heavy atom. The second kappa shape index (κ2) is 8.19. The first-order valence-electron chi connectivity index (χ1n) is 9.61. The van der Waals surface area contributed by atoms with E-state index in [4.69, 9.17) is 0 Å². The molecule has 2 unspecified atom stereocenters. The molecule has 0 spiro atoms. The second-order valence-corrected chi connectivity index (χ2v) is 7.40. The normalized spacial score (nSPS) is 25.2. The van der Waals surface area contributed by atoms with Gasteiger partial charge in [-0.25, -0.2) is 0 Å². The van der Waals surface area contributed by atoms with E-state index in [1.807, 2.05) is 17.0 Å². The number of carbonyl (C=O) groups is 1. The molecule has 5 nitrogen and oxygen atoms in total. The highest BCUT2D eigenvalue weighted by Crippen LogP contribution is 2.24. The minimum atomic E-state index is 0.0907. The maximum atomic E-state index is 12.9. The summed E-state index contributed by atoms with van der Waals surface area (Å²) in [4.78, 5) is 19.7. The van der Waals surface area contributed by atoms with E-state index in [1.54, 1.807) is 0 Å². The molecule has 1 aromatic rings. The van der Waals surface area contributed by atoms with Crippen molar-refractivity contribution in [2.24, 2.45) is 5.92 Å². The Balaban J connectivity index is 1.64. The Bertz CT molecular complexity index is 567. The molecule has 1 amide bonds. The van der Waals surface area contributed by atoms with Gasteiger partial charge in [0.2, 0.25) is 0 Å². The Kier molecular flexibility index (Phi) is 5.97. The zero-order chi connectivity index (χ0) is 17.8. The number of aliphatic hydroxyl groups is 1. The van der Waals surface area contributed by atoms with Crippen LogP contribution in [0.3, 0.4) is 0 Å². The number of hydrogen-bond donors (Lipinski definition) is 1. The minimum Gasteiger partial charge on any atom is -0.396 e. The first kappa shape index (κ1) is 18.2. The largest absolute Gasteiger partial charge is 0.396 e. The predicted molar refractivity (Wildman–Crippen MR) is 101 cm³/mol. The lowest BCUT2D eigenvalue weighted by Gasteiger charge is -2.38. The van der Waals surface area contributed by atoms with E-state index in [-0.39, 0.29) is 24.5 Å². The van der Waals surface area contributed by atoms with Crippen molar-refractivity contribution in [1.29, 1.82) is 0 Å². The summed E-state index contributed by atoms with van der Waals surface area (Å²) < 4.78 is 0. The molecule has 0 aliphatic carbocycles. The maximum Gasteiger partial charge on any atom is 0.254 e. The number of carbonyl (C=O) groups excluding carboxylic acids is 1. The van der Waals surface area contributed by atoms with Crippen LogP contribution in [0.5, 0.6) is 0 Å². The zero-order valence-electron chi connectivity index (χ0n) is 15.5. The third kappa shape index (κ3) is 4.15. The van der Waals surface area contributed by atoms with Crippen LogP contribution in [0.4, 0.5) is 5.69 Å². The van der Waals surface area contributed by atoms with Gasteiger partial charge in [-0.05, 0) is 56.5 Å². The van der Waals surface area contributed by atoms with Crippen LogP contribution >= 0.6 is 0 Å². The number of rotatable bonds is 4. The lowest BCUT2D eigenvalue weighted by atomic mass is 9.93. The summed E-state index contributed by atoms with van der Waals surface area (Å²) in [7, 11) is 0. The number of benzene rings is 1. The summed E-state index contributed by atoms with van der Waals surface area (Å²) in [6, 6.07) is 8.32. The molecule has 1 N–H and O–H groups in total. The number of amides is 1. The van der Waals surface area contributed by atoms with E-state index in [0.29, 0.717) is 6.54 Å². The first-order chi connectivity index (χ1) is 12.1. The van der Waals surface area contributed by atoms with Gasteiger partial charge in [0, 0.05) is 56.6 Å². The summed E-state index contributed by atoms with van der Waals surface area (Å²) in [5.41, 5.74) is 1.95. The fourth-order valence-corrected chi connectivity index (χ4v) is 3.92. The fourth-order valence-electron chi connectivity index (χ4n) is 3.92. The number of piperazine rings is 1. The molecule has 3 rings (SSSR count). The van der Waals surface area contributed by atoms with Crippen LogP contribution in [0.25, 0.3) is 0 Å². The maximum absolute atomic E-state index is 12.9. The molecular formula is C20H31N3O2. The van der Waals surface area contributed by atoms with Crippen LogP contribution in [0.15, 0.2) is 24.3 Å². The van der Waals surface area contributed by atoms with Crippen LogP contribution in [0.1, 0.15) is 37.0 Å². The van der Waals surface area contributed by atoms with Crippen LogP contribution < -0.4 is 4.90 Å². The van der Waals surface area contributed by atoms with Crippen LogP contribution in [-0.4, -0.2) is 72.7 Å². The van der Waals surface area contributed by atoms with E-state index in [0.717, 1.165) is 51.1 Å². The number of nitrogens with zero attached hydrogens (tertiary/aromatic N) is 3. The summed E-state index contributed by atoms with van der Waals surface area (Å²) in [6.07, 6.45) is 1.97. The van der Waals surface area contributed by atoms with Crippen molar-refractivity contribution in [1.82, 2.24) is 9.80 Å². The number of piperidine rings is 1. The quantitative estimate of drug-likeness (QED) is 0.907. The van der Waals surface area contributed by atoms with Crippen LogP contribution in [0.2, 0.25) is 0 Å². The van der Waals surface area contributed by atoms with Gasteiger partial charge in [-0.2, -0.15) is 0 Å². The number of aliphatic hydroxyl groups excluding tert-OH is 1. The average molecular weight is 345 g/mol. The van der Waals surface area contributed by atoms with Crippen molar-refractivity contribution in [3.63, 3.8) is 0 Å². The lowest BCUT2D eigenvalue weighted by Crippen LogP contribution is -2.46. The van der Waals surface area contributed by atoms with Gasteiger partial charge in [-0.1, -0.05) is 6.92 Å². The Morgan fingerprint density at radius 1 is 1.12 bits per heavy atom. The molecule has 2 heterocycles. The molecule has 138 valence electrons. The van der Waals surface area contributed by atoms with E-state index < -0.39 is 0 Å². The smallest absolute Gasteiger partial charge is 0.254 e. The topological polar surface area (TPSA) is 47.0 Å². The Morgan fingerprint density at radius 2 is 1.80 bits per heavy atom. The molecule has 0 radical (unpaired) electrons. The van der Waals surface area contributed by atoms with Crippen molar-refractivity contribution in [3.05, 3.63) is 29.8 Å². The number of likely N-dealkylation sites (N-methyl/N-ethyl adjacent to an activating group) is 1. The lowest BCUT2D eigenvalue weighted by molar-refractivity contribution is 0.0489. The van der Waals surface area contributed by atoms with E-state index >= 15 is 0 Å². The summed E-state index contributed by atoms with van der Waals surface area (Å²) >= 11 is 0. The molecule has 2 aliphatic rings. The Labute approximate surface area is 151 Å². The van der Waals surface area contributed by atoms with E-state index in [9.17, 15) is 9.90 Å². The van der Waals surface area contributed by atoms with Gasteiger partial charge in [-0.3, -0.25) is 4.79 Å². The van der Waals surface area contributed by atoms with E-state index in [2.05, 4.69) is 35.8 Å². The molecule has 2 aliphatic heterocycles. The number of anilines is 1. The summed E-state index contributed by atoms with van der Waals surface area (Å²) in [6.45, 7) is 10.5. The first-order valence-corrected chi connectivity index (χ1v) is 9.61. The molecule has 0 aromatic heterocycles. The molecular weight excluding hydrogens is 314 g/mol. The molecule has 2 fully saturated rings. The van der Waals surface area contributed by atoms with Crippen molar-refractivity contribution in [2.45, 2.75) is 32.7 Å². The van der Waals surface area contributed by atoms with Gasteiger partial charge in [0.05, 0.1) is 0 Å². The average Bonchev–Trinajstić information content (AvgIpc) is 2.68. The van der Waals surface area contributed by atoms with Crippen LogP contribution in [0, 0.1) is 5.92 Å². The van der Waals surface area contributed by atoms with Crippen molar-refractivity contribution < 1.29 is 9.90 Å². The van der Waals surface area contributed by atoms with Crippen molar-refractivity contribution in [2.75, 3.05) is 50.8 Å². The van der Waals surface area contributed by atoms with Crippen molar-refractivity contribution >= 4 is 11.6 Å². The molecule has 5 heteroatoms. The van der Waals surface area contributed by atoms with Gasteiger partial charge in [0.25, 0.3) is 5.91 Å². The third-order valence-electron chi connectivity index (χ3n) is 5.80. The zero-order valence-corrected chi connectivity index (χ0v) is 15.5. The summed E-state index contributed by atoms with van der Waals surface area (Å²) in [5, 5.41) is 9.42. The highest BCUT2D eigenvalue weighted by Gasteiger charge is 2.29. The third-order valence-corrected chi connectivity index (χ3v) is 5.80. The molecule has 2 atom stereocenters. The van der Waals surface area contributed by atoms with Gasteiger partial charge in [0.15, 0.2) is 0 Å². The number of likely N-dealkylation sites (tertiary alicyclic amines) is 1. The molecule has 25 heavy (non-hydrogen) atoms. The minimum absolute atomic E-state index is 0.0907. The molecule has 2 saturated heterocycles. The second-order valence-electron chi connectivity index (χ2n) is 7.40.